The Morgan fingerprint density at radius 1 is 1.20 bits per heavy atom. The van der Waals surface area contributed by atoms with Crippen LogP contribution in [0.2, 0.25) is 0 Å². The van der Waals surface area contributed by atoms with E-state index < -0.39 is 0 Å². The molecule has 3 aromatic heterocycles. The highest BCUT2D eigenvalue weighted by molar-refractivity contribution is 9.10. The van der Waals surface area contributed by atoms with Crippen LogP contribution < -0.4 is 15.2 Å². The second-order valence-corrected chi connectivity index (χ2v) is 8.47. The fourth-order valence-electron chi connectivity index (χ4n) is 4.26. The van der Waals surface area contributed by atoms with E-state index in [0.717, 1.165) is 12.1 Å². The Kier molecular flexibility index (Phi) is 5.20. The molecule has 3 fully saturated rings. The lowest BCUT2D eigenvalue weighted by Gasteiger charge is -2.44. The second-order valence-electron chi connectivity index (χ2n) is 7.76. The molecule has 0 spiro atoms. The molecular formula is C20H24BrN7O2. The predicted octanol–water partition coefficient (Wildman–Crippen LogP) is 2.49. The Morgan fingerprint density at radius 2 is 2.03 bits per heavy atom. The Balaban J connectivity index is 1.34. The lowest BCUT2D eigenvalue weighted by atomic mass is 9.86. The second kappa shape index (κ2) is 7.99. The van der Waals surface area contributed by atoms with Crippen molar-refractivity contribution in [2.75, 3.05) is 32.0 Å². The highest BCUT2D eigenvalue weighted by Crippen LogP contribution is 2.30. The first-order valence-corrected chi connectivity index (χ1v) is 11.1. The summed E-state index contributed by atoms with van der Waals surface area (Å²) in [6.07, 6.45) is 4.52. The van der Waals surface area contributed by atoms with Gasteiger partial charge in [0.25, 0.3) is 0 Å². The van der Waals surface area contributed by atoms with Crippen molar-refractivity contribution in [2.45, 2.75) is 32.4 Å². The van der Waals surface area contributed by atoms with E-state index in [9.17, 15) is 0 Å². The molecule has 3 aliphatic heterocycles. The van der Waals surface area contributed by atoms with E-state index in [4.69, 9.17) is 15.2 Å². The molecule has 2 bridgehead atoms. The fourth-order valence-corrected chi connectivity index (χ4v) is 4.74. The first kappa shape index (κ1) is 19.5. The van der Waals surface area contributed by atoms with Crippen LogP contribution in [0.25, 0.3) is 11.2 Å². The summed E-state index contributed by atoms with van der Waals surface area (Å²) in [5.41, 5.74) is 8.20. The monoisotopic (exact) mass is 473 g/mol. The molecule has 2 N–H and O–H groups in total. The van der Waals surface area contributed by atoms with E-state index >= 15 is 0 Å². The highest BCUT2D eigenvalue weighted by Gasteiger charge is 2.35. The van der Waals surface area contributed by atoms with Gasteiger partial charge in [0, 0.05) is 18.8 Å². The van der Waals surface area contributed by atoms with Crippen LogP contribution in [0.15, 0.2) is 23.1 Å². The number of hydrogen-bond acceptors (Lipinski definition) is 8. The number of ether oxygens (including phenoxy) is 2. The quantitative estimate of drug-likeness (QED) is 0.544. The van der Waals surface area contributed by atoms with E-state index in [0.29, 0.717) is 46.7 Å². The van der Waals surface area contributed by atoms with Gasteiger partial charge in [-0.05, 0) is 60.3 Å². The van der Waals surface area contributed by atoms with Crippen molar-refractivity contribution in [3.8, 4) is 11.9 Å². The van der Waals surface area contributed by atoms with Crippen LogP contribution in [0.1, 0.15) is 25.3 Å². The fraction of sp³-hybridized carbons (Fsp3) is 0.500. The largest absolute Gasteiger partial charge is 0.473 e. The van der Waals surface area contributed by atoms with Crippen LogP contribution in [0.4, 0.5) is 5.82 Å². The third kappa shape index (κ3) is 3.69. The molecule has 0 unspecified atom stereocenters. The zero-order chi connectivity index (χ0) is 20.7. The molecular weight excluding hydrogens is 450 g/mol. The Hall–Kier alpha value is -2.46. The molecule has 1 atom stereocenters. The lowest BCUT2D eigenvalue weighted by Crippen LogP contribution is -2.52. The molecule has 0 amide bonds. The van der Waals surface area contributed by atoms with E-state index in [1.54, 1.807) is 0 Å². The summed E-state index contributed by atoms with van der Waals surface area (Å²) in [7, 11) is 0. The number of nitrogens with zero attached hydrogens (tertiary/aromatic N) is 6. The van der Waals surface area contributed by atoms with E-state index in [1.165, 1.54) is 25.9 Å². The number of imidazole rings is 1. The number of rotatable bonds is 6. The molecule has 0 saturated carbocycles. The van der Waals surface area contributed by atoms with Crippen molar-refractivity contribution in [1.82, 2.24) is 29.4 Å². The van der Waals surface area contributed by atoms with E-state index in [2.05, 4.69) is 40.8 Å². The number of aromatic nitrogens is 5. The maximum Gasteiger partial charge on any atom is 0.320 e. The number of anilines is 1. The summed E-state index contributed by atoms with van der Waals surface area (Å²) in [5, 5.41) is 0. The summed E-state index contributed by atoms with van der Waals surface area (Å²) in [5.74, 6) is 1.62. The molecule has 10 heteroatoms. The molecule has 6 heterocycles. The number of nitrogens with two attached hydrogens (primary N) is 1. The van der Waals surface area contributed by atoms with Gasteiger partial charge in [0.1, 0.15) is 6.10 Å². The van der Waals surface area contributed by atoms with Crippen LogP contribution in [-0.2, 0) is 6.54 Å². The van der Waals surface area contributed by atoms with Gasteiger partial charge >= 0.3 is 6.01 Å². The van der Waals surface area contributed by atoms with Crippen LogP contribution >= 0.6 is 15.9 Å². The summed E-state index contributed by atoms with van der Waals surface area (Å²) < 4.78 is 14.2. The standard InChI is InChI=1S/C20H24BrN7O2/c1-2-29-20-25-17(22)16-18(26-20)28(19(21)24-16)10-12-3-4-15(23-9-12)30-14-11-27-7-5-13(14)6-8-27/h3-4,9,13-14H,2,5-8,10-11H2,1H3,(H2,22,25,26)/t14-/m0/s1. The third-order valence-corrected chi connectivity index (χ3v) is 6.44. The number of fused-ring (bicyclic) bond motifs is 4. The van der Waals surface area contributed by atoms with Gasteiger partial charge in [-0.3, -0.25) is 9.47 Å². The minimum atomic E-state index is 0.245. The molecule has 158 valence electrons. The van der Waals surface area contributed by atoms with Crippen molar-refractivity contribution >= 4 is 32.9 Å². The molecule has 0 aliphatic carbocycles. The van der Waals surface area contributed by atoms with Gasteiger partial charge in [-0.2, -0.15) is 9.97 Å². The zero-order valence-electron chi connectivity index (χ0n) is 16.8. The van der Waals surface area contributed by atoms with Gasteiger partial charge < -0.3 is 15.2 Å². The number of hydrogen-bond donors (Lipinski definition) is 1. The summed E-state index contributed by atoms with van der Waals surface area (Å²) >= 11 is 3.50. The molecule has 30 heavy (non-hydrogen) atoms. The van der Waals surface area contributed by atoms with Crippen molar-refractivity contribution in [3.05, 3.63) is 28.6 Å². The Morgan fingerprint density at radius 3 is 2.70 bits per heavy atom. The average Bonchev–Trinajstić information content (AvgIpc) is 3.07. The normalized spacial score (nSPS) is 23.1. The molecule has 3 aliphatic rings. The van der Waals surface area contributed by atoms with Gasteiger partial charge in [-0.1, -0.05) is 6.07 Å². The average molecular weight is 474 g/mol. The number of nitrogen functional groups attached to an aromatic ring is 1. The third-order valence-electron chi connectivity index (χ3n) is 5.83. The van der Waals surface area contributed by atoms with Crippen LogP contribution in [0.5, 0.6) is 11.9 Å². The van der Waals surface area contributed by atoms with Crippen LogP contribution in [0, 0.1) is 5.92 Å². The van der Waals surface area contributed by atoms with Crippen molar-refractivity contribution in [2.24, 2.45) is 5.92 Å². The molecule has 0 radical (unpaired) electrons. The van der Waals surface area contributed by atoms with Crippen LogP contribution in [0.3, 0.4) is 0 Å². The lowest BCUT2D eigenvalue weighted by molar-refractivity contribution is -0.00994. The maximum atomic E-state index is 6.20. The molecule has 9 nitrogen and oxygen atoms in total. The van der Waals surface area contributed by atoms with Gasteiger partial charge in [-0.15, -0.1) is 0 Å². The highest BCUT2D eigenvalue weighted by atomic mass is 79.9. The Labute approximate surface area is 182 Å². The Bertz CT molecular complexity index is 1050. The number of pyridine rings is 1. The van der Waals surface area contributed by atoms with Crippen LogP contribution in [-0.4, -0.2) is 61.7 Å². The molecule has 3 aromatic rings. The van der Waals surface area contributed by atoms with Gasteiger partial charge in [0.2, 0.25) is 5.88 Å². The summed E-state index contributed by atoms with van der Waals surface area (Å²) in [6, 6.07) is 4.21. The van der Waals surface area contributed by atoms with E-state index in [-0.39, 0.29) is 12.1 Å². The van der Waals surface area contributed by atoms with Crippen molar-refractivity contribution in [3.63, 3.8) is 0 Å². The SMILES string of the molecule is CCOc1nc(N)c2nc(Br)n(Cc3ccc(O[C@H]4CN5CCC4CC5)nc3)c2n1. The van der Waals surface area contributed by atoms with E-state index in [1.807, 2.05) is 29.8 Å². The first-order valence-electron chi connectivity index (χ1n) is 10.3. The van der Waals surface area contributed by atoms with Crippen molar-refractivity contribution < 1.29 is 9.47 Å². The number of halogens is 1. The minimum absolute atomic E-state index is 0.245. The molecule has 6 rings (SSSR count). The maximum absolute atomic E-state index is 6.20. The summed E-state index contributed by atoms with van der Waals surface area (Å²) in [6.45, 7) is 6.28. The molecule has 3 saturated heterocycles. The topological polar surface area (TPSA) is 104 Å². The molecule has 0 aromatic carbocycles. The number of piperidine rings is 3. The van der Waals surface area contributed by atoms with Gasteiger partial charge in [-0.25, -0.2) is 9.97 Å². The predicted molar refractivity (Wildman–Crippen MR) is 116 cm³/mol. The van der Waals surface area contributed by atoms with Crippen molar-refractivity contribution in [1.29, 1.82) is 0 Å². The van der Waals surface area contributed by atoms with Gasteiger partial charge in [0.15, 0.2) is 21.7 Å². The van der Waals surface area contributed by atoms with Gasteiger partial charge in [0.05, 0.1) is 13.2 Å². The smallest absolute Gasteiger partial charge is 0.320 e. The minimum Gasteiger partial charge on any atom is -0.473 e. The zero-order valence-corrected chi connectivity index (χ0v) is 18.4. The first-order chi connectivity index (χ1) is 14.6. The summed E-state index contributed by atoms with van der Waals surface area (Å²) in [4.78, 5) is 20.1.